The fourth-order valence-electron chi connectivity index (χ4n) is 7.81. The first-order chi connectivity index (χ1) is 25.2. The molecular formula is C41H50N4O6S. The first-order valence-corrected chi connectivity index (χ1v) is 20.5. The van der Waals surface area contributed by atoms with Crippen molar-refractivity contribution in [3.8, 4) is 22.8 Å². The Labute approximate surface area is 307 Å². The molecule has 1 aliphatic heterocycles. The number of carbonyl (C=O) groups is 2. The molecule has 0 radical (unpaired) electrons. The van der Waals surface area contributed by atoms with Gasteiger partial charge in [-0.2, -0.15) is 0 Å². The van der Waals surface area contributed by atoms with Gasteiger partial charge in [-0.15, -0.1) is 0 Å². The lowest BCUT2D eigenvalue weighted by atomic mass is 9.81. The Morgan fingerprint density at radius 3 is 2.31 bits per heavy atom. The van der Waals surface area contributed by atoms with Crippen molar-refractivity contribution < 1.29 is 27.5 Å². The van der Waals surface area contributed by atoms with Crippen molar-refractivity contribution in [1.82, 2.24) is 19.1 Å². The number of para-hydroxylation sites is 1. The van der Waals surface area contributed by atoms with E-state index < -0.39 is 21.2 Å². The average Bonchev–Trinajstić information content (AvgIpc) is 3.99. The molecular weight excluding hydrogens is 677 g/mol. The highest BCUT2D eigenvalue weighted by atomic mass is 32.2. The number of amides is 2. The minimum absolute atomic E-state index is 0.0172. The summed E-state index contributed by atoms with van der Waals surface area (Å²) in [7, 11) is -3.73. The fraction of sp³-hybridized carbons (Fsp3) is 0.463. The predicted molar refractivity (Wildman–Crippen MR) is 203 cm³/mol. The van der Waals surface area contributed by atoms with Gasteiger partial charge in [-0.1, -0.05) is 57.4 Å². The Balaban J connectivity index is 1.30. The second kappa shape index (κ2) is 15.8. The predicted octanol–water partition coefficient (Wildman–Crippen LogP) is 6.94. The zero-order chi connectivity index (χ0) is 36.2. The molecule has 2 amide bonds. The summed E-state index contributed by atoms with van der Waals surface area (Å²) < 4.78 is 42.1. The molecule has 11 heteroatoms. The molecule has 3 aromatic carbocycles. The molecule has 3 aliphatic rings. The van der Waals surface area contributed by atoms with Crippen LogP contribution in [0.4, 0.5) is 0 Å². The lowest BCUT2D eigenvalue weighted by molar-refractivity contribution is -0.140. The molecule has 1 saturated heterocycles. The van der Waals surface area contributed by atoms with Crippen molar-refractivity contribution in [1.29, 1.82) is 0 Å². The third-order valence-corrected chi connectivity index (χ3v) is 12.6. The molecule has 1 aromatic heterocycles. The van der Waals surface area contributed by atoms with Crippen LogP contribution < -0.4 is 9.46 Å². The van der Waals surface area contributed by atoms with Crippen LogP contribution in [0.1, 0.15) is 80.6 Å². The summed E-state index contributed by atoms with van der Waals surface area (Å²) >= 11 is 0. The lowest BCUT2D eigenvalue weighted by Gasteiger charge is -2.35. The van der Waals surface area contributed by atoms with Gasteiger partial charge in [0.25, 0.3) is 5.91 Å². The van der Waals surface area contributed by atoms with Gasteiger partial charge < -0.3 is 23.8 Å². The molecule has 1 atom stereocenters. The Morgan fingerprint density at radius 1 is 0.904 bits per heavy atom. The smallest absolute Gasteiger partial charge is 0.264 e. The second-order valence-electron chi connectivity index (χ2n) is 14.3. The van der Waals surface area contributed by atoms with Gasteiger partial charge in [0.2, 0.25) is 15.9 Å². The molecule has 1 N–H and O–H groups in total. The zero-order valence-corrected chi connectivity index (χ0v) is 31.1. The van der Waals surface area contributed by atoms with Crippen LogP contribution in [0.5, 0.6) is 11.5 Å². The number of fused-ring (bicyclic) bond motifs is 1. The molecule has 276 valence electrons. The van der Waals surface area contributed by atoms with Crippen LogP contribution in [0.15, 0.2) is 72.8 Å². The minimum atomic E-state index is -3.73. The van der Waals surface area contributed by atoms with Crippen LogP contribution >= 0.6 is 0 Å². The van der Waals surface area contributed by atoms with Crippen molar-refractivity contribution in [2.45, 2.75) is 82.6 Å². The molecule has 52 heavy (non-hydrogen) atoms. The normalized spacial score (nSPS) is 18.5. The number of ether oxygens (including phenoxy) is 2. The van der Waals surface area contributed by atoms with E-state index in [0.717, 1.165) is 73.2 Å². The van der Waals surface area contributed by atoms with Gasteiger partial charge in [-0.05, 0) is 104 Å². The van der Waals surface area contributed by atoms with E-state index >= 15 is 0 Å². The average molecular weight is 727 g/mol. The second-order valence-corrected chi connectivity index (χ2v) is 16.3. The van der Waals surface area contributed by atoms with Crippen molar-refractivity contribution in [3.63, 3.8) is 0 Å². The van der Waals surface area contributed by atoms with E-state index in [1.165, 1.54) is 12.0 Å². The molecule has 1 unspecified atom stereocenters. The van der Waals surface area contributed by atoms with Gasteiger partial charge in [0.05, 0.1) is 29.2 Å². The number of hydrogen-bond donors (Lipinski definition) is 1. The Morgan fingerprint density at radius 2 is 1.62 bits per heavy atom. The molecule has 2 saturated carbocycles. The number of rotatable bonds is 13. The van der Waals surface area contributed by atoms with Crippen LogP contribution in [0.25, 0.3) is 22.2 Å². The van der Waals surface area contributed by atoms with Crippen molar-refractivity contribution in [3.05, 3.63) is 83.9 Å². The molecule has 3 fully saturated rings. The number of carbonyl (C=O) groups excluding carboxylic acids is 2. The van der Waals surface area contributed by atoms with Gasteiger partial charge in [0.15, 0.2) is 0 Å². The van der Waals surface area contributed by atoms with Crippen LogP contribution in [0.3, 0.4) is 0 Å². The summed E-state index contributed by atoms with van der Waals surface area (Å²) in [6, 6.07) is 23.1. The third-order valence-electron chi connectivity index (χ3n) is 10.8. The van der Waals surface area contributed by atoms with Gasteiger partial charge >= 0.3 is 0 Å². The maximum Gasteiger partial charge on any atom is 0.264 e. The van der Waals surface area contributed by atoms with Crippen LogP contribution in [0, 0.1) is 0 Å². The number of aromatic nitrogens is 1. The molecule has 4 aromatic rings. The first-order valence-electron chi connectivity index (χ1n) is 18.9. The quantitative estimate of drug-likeness (QED) is 0.159. The number of likely N-dealkylation sites (N-methyl/N-ethyl adjacent to an activating group) is 1. The van der Waals surface area contributed by atoms with E-state index in [1.54, 1.807) is 12.1 Å². The Bertz CT molecular complexity index is 1980. The highest BCUT2D eigenvalue weighted by molar-refractivity contribution is 7.91. The van der Waals surface area contributed by atoms with Gasteiger partial charge in [0, 0.05) is 30.6 Å². The number of sulfonamides is 1. The third kappa shape index (κ3) is 8.06. The van der Waals surface area contributed by atoms with E-state index in [1.807, 2.05) is 65.6 Å². The van der Waals surface area contributed by atoms with E-state index in [0.29, 0.717) is 38.3 Å². The fourth-order valence-corrected chi connectivity index (χ4v) is 9.11. The van der Waals surface area contributed by atoms with Crippen molar-refractivity contribution in [2.75, 3.05) is 39.3 Å². The zero-order valence-electron chi connectivity index (χ0n) is 30.3. The van der Waals surface area contributed by atoms with E-state index in [2.05, 4.69) is 28.0 Å². The summed E-state index contributed by atoms with van der Waals surface area (Å²) in [5.41, 5.74) is 4.09. The standard InChI is InChI=1S/C41H50N4O6S/c1-3-43(4-2)26-34-27-44(23-24-50-34)38(46)28-45-37-25-31(41(47)42-52(48,49)35-20-21-35)17-22-36(37)39(29-11-7-5-8-12-29)40(45)30-15-18-33(19-16-30)51-32-13-9-6-10-14-32/h6,9-10,13-19,22,25,29,34-35H,3-5,7-8,11-12,20-21,23-24,26-28H2,1-2H3,(H,42,47). The summed E-state index contributed by atoms with van der Waals surface area (Å²) in [5.74, 6) is 1.06. The molecule has 2 heterocycles. The summed E-state index contributed by atoms with van der Waals surface area (Å²) in [6.45, 7) is 8.44. The van der Waals surface area contributed by atoms with Crippen molar-refractivity contribution >= 4 is 32.7 Å². The number of nitrogens with one attached hydrogen (secondary N) is 1. The summed E-state index contributed by atoms with van der Waals surface area (Å²) in [6.07, 6.45) is 6.57. The summed E-state index contributed by atoms with van der Waals surface area (Å²) in [5, 5.41) is 0.474. The van der Waals surface area contributed by atoms with Crippen LogP contribution in [-0.4, -0.2) is 85.3 Å². The number of benzene rings is 3. The molecule has 10 nitrogen and oxygen atoms in total. The molecule has 2 aliphatic carbocycles. The topological polar surface area (TPSA) is 110 Å². The lowest BCUT2D eigenvalue weighted by Crippen LogP contribution is -2.50. The minimum Gasteiger partial charge on any atom is -0.457 e. The Kier molecular flexibility index (Phi) is 11.0. The van der Waals surface area contributed by atoms with E-state index in [-0.39, 0.29) is 30.0 Å². The monoisotopic (exact) mass is 726 g/mol. The maximum absolute atomic E-state index is 14.4. The molecule has 7 rings (SSSR count). The van der Waals surface area contributed by atoms with Crippen molar-refractivity contribution in [2.24, 2.45) is 0 Å². The molecule has 0 spiro atoms. The molecule has 0 bridgehead atoms. The van der Waals surface area contributed by atoms with E-state index in [9.17, 15) is 18.0 Å². The van der Waals surface area contributed by atoms with Crippen LogP contribution in [0.2, 0.25) is 0 Å². The number of hydrogen-bond acceptors (Lipinski definition) is 7. The number of nitrogens with zero attached hydrogens (tertiary/aromatic N) is 3. The van der Waals surface area contributed by atoms with E-state index in [4.69, 9.17) is 9.47 Å². The highest BCUT2D eigenvalue weighted by Crippen LogP contribution is 2.45. The van der Waals surface area contributed by atoms with Crippen LogP contribution in [-0.2, 0) is 26.1 Å². The Hall–Kier alpha value is -4.19. The summed E-state index contributed by atoms with van der Waals surface area (Å²) in [4.78, 5) is 32.0. The highest BCUT2D eigenvalue weighted by Gasteiger charge is 2.37. The number of morpholine rings is 1. The first kappa shape index (κ1) is 36.2. The van der Waals surface area contributed by atoms with Gasteiger partial charge in [-0.3, -0.25) is 9.59 Å². The SMILES string of the molecule is CCN(CC)CC1CN(C(=O)Cn2c(-c3ccc(Oc4ccccc4)cc3)c(C3CCCCC3)c3ccc(C(=O)NS(=O)(=O)C4CC4)cc32)CCO1. The van der Waals surface area contributed by atoms with Gasteiger partial charge in [0.1, 0.15) is 18.0 Å². The van der Waals surface area contributed by atoms with Gasteiger partial charge in [-0.25, -0.2) is 13.1 Å². The maximum atomic E-state index is 14.4. The largest absolute Gasteiger partial charge is 0.457 e.